The Balaban J connectivity index is -0.000000114. The van der Waals surface area contributed by atoms with Crippen LogP contribution in [0.3, 0.4) is 0 Å². The molecule has 0 atom stereocenters. The van der Waals surface area contributed by atoms with Crippen molar-refractivity contribution in [1.82, 2.24) is 19.9 Å². The molecule has 35 heavy (non-hydrogen) atoms. The first-order chi connectivity index (χ1) is 16.4. The molecular weight excluding hydrogens is 582 g/mol. The fraction of sp³-hybridized carbons (Fsp3) is 0.310. The minimum Gasteiger partial charge on any atom is -0.262 e. The Morgan fingerprint density at radius 2 is 0.829 bits per heavy atom. The van der Waals surface area contributed by atoms with Gasteiger partial charge in [0, 0.05) is 108 Å². The average Bonchev–Trinajstić information content (AvgIpc) is 2.96. The van der Waals surface area contributed by atoms with E-state index < -0.39 is 0 Å². The van der Waals surface area contributed by atoms with Crippen LogP contribution in [0.25, 0.3) is 11.3 Å². The van der Waals surface area contributed by atoms with Gasteiger partial charge in [-0.15, -0.1) is 0 Å². The van der Waals surface area contributed by atoms with Crippen LogP contribution in [0.5, 0.6) is 0 Å². The summed E-state index contributed by atoms with van der Waals surface area (Å²) in [6.45, 7) is 18.1. The zero-order valence-electron chi connectivity index (χ0n) is 23.3. The summed E-state index contributed by atoms with van der Waals surface area (Å²) in [6.07, 6.45) is 11.7. The molecular formula is C29H44N4Y2. The van der Waals surface area contributed by atoms with Gasteiger partial charge in [-0.3, -0.25) is 19.9 Å². The van der Waals surface area contributed by atoms with Gasteiger partial charge in [-0.05, 0) is 6.92 Å². The van der Waals surface area contributed by atoms with Crippen molar-refractivity contribution in [3.05, 3.63) is 110 Å². The molecule has 0 aliphatic carbocycles. The maximum atomic E-state index is 4.19. The van der Waals surface area contributed by atoms with E-state index >= 15 is 0 Å². The van der Waals surface area contributed by atoms with Crippen molar-refractivity contribution >= 4 is 0 Å². The third kappa shape index (κ3) is 28.9. The van der Waals surface area contributed by atoms with Crippen molar-refractivity contribution in [3.63, 3.8) is 0 Å². The van der Waals surface area contributed by atoms with Gasteiger partial charge < -0.3 is 0 Å². The van der Waals surface area contributed by atoms with E-state index in [1.54, 1.807) is 43.4 Å². The minimum atomic E-state index is 0. The molecule has 0 fully saturated rings. The van der Waals surface area contributed by atoms with Crippen LogP contribution in [-0.4, -0.2) is 19.9 Å². The molecule has 6 heteroatoms. The van der Waals surface area contributed by atoms with Gasteiger partial charge in [-0.25, -0.2) is 0 Å². The second kappa shape index (κ2) is 40.0. The minimum absolute atomic E-state index is 0. The Morgan fingerprint density at radius 1 is 0.457 bits per heavy atom. The van der Waals surface area contributed by atoms with Gasteiger partial charge in [0.25, 0.3) is 0 Å². The second-order valence-corrected chi connectivity index (χ2v) is 5.01. The SMILES string of the molecule is CC.CC.CC.CC.Cc1ccccc1.[Y].[Y].c1ccc(-c2cnccn2)cc1.c1cnccn1. The number of aromatic nitrogens is 4. The summed E-state index contributed by atoms with van der Waals surface area (Å²) < 4.78 is 0. The van der Waals surface area contributed by atoms with E-state index in [4.69, 9.17) is 0 Å². The average molecular weight is 627 g/mol. The van der Waals surface area contributed by atoms with Crippen LogP contribution in [0, 0.1) is 6.92 Å². The smallest absolute Gasteiger partial charge is 0.0885 e. The van der Waals surface area contributed by atoms with Gasteiger partial charge in [0.2, 0.25) is 0 Å². The van der Waals surface area contributed by atoms with Crippen molar-refractivity contribution in [2.75, 3.05) is 0 Å². The quantitative estimate of drug-likeness (QED) is 0.212. The Kier molecular flexibility index (Phi) is 50.1. The molecule has 0 unspecified atom stereocenters. The van der Waals surface area contributed by atoms with Crippen LogP contribution >= 0.6 is 0 Å². The van der Waals surface area contributed by atoms with Gasteiger partial charge in [0.15, 0.2) is 0 Å². The summed E-state index contributed by atoms with van der Waals surface area (Å²) >= 11 is 0. The normalized spacial score (nSPS) is 7.11. The van der Waals surface area contributed by atoms with E-state index in [1.165, 1.54) is 5.56 Å². The molecule has 4 aromatic rings. The van der Waals surface area contributed by atoms with Crippen LogP contribution in [0.1, 0.15) is 61.0 Å². The van der Waals surface area contributed by atoms with Gasteiger partial charge >= 0.3 is 0 Å². The predicted molar refractivity (Wildman–Crippen MR) is 146 cm³/mol. The maximum Gasteiger partial charge on any atom is 0.0885 e. The molecule has 0 spiro atoms. The number of hydrogen-bond donors (Lipinski definition) is 0. The molecule has 2 radical (unpaired) electrons. The van der Waals surface area contributed by atoms with Crippen LogP contribution < -0.4 is 0 Å². The Hall–Kier alpha value is -1.19. The zero-order valence-corrected chi connectivity index (χ0v) is 28.9. The summed E-state index contributed by atoms with van der Waals surface area (Å²) in [6, 6.07) is 20.3. The van der Waals surface area contributed by atoms with Crippen LogP contribution in [0.2, 0.25) is 0 Å². The molecule has 2 aromatic heterocycles. The van der Waals surface area contributed by atoms with Gasteiger partial charge in [0.05, 0.1) is 11.9 Å². The van der Waals surface area contributed by atoms with Crippen molar-refractivity contribution in [2.24, 2.45) is 0 Å². The van der Waals surface area contributed by atoms with E-state index in [0.717, 1.165) is 11.3 Å². The summed E-state index contributed by atoms with van der Waals surface area (Å²) in [5.41, 5.74) is 3.34. The number of rotatable bonds is 1. The first kappa shape index (κ1) is 43.8. The fourth-order valence-corrected chi connectivity index (χ4v) is 1.84. The molecule has 0 saturated heterocycles. The van der Waals surface area contributed by atoms with E-state index in [2.05, 4.69) is 39.0 Å². The Labute approximate surface area is 266 Å². The van der Waals surface area contributed by atoms with Crippen LogP contribution in [-0.2, 0) is 65.4 Å². The summed E-state index contributed by atoms with van der Waals surface area (Å²) in [5.74, 6) is 0. The van der Waals surface area contributed by atoms with Crippen LogP contribution in [0.4, 0.5) is 0 Å². The van der Waals surface area contributed by atoms with Gasteiger partial charge in [-0.1, -0.05) is 122 Å². The van der Waals surface area contributed by atoms with E-state index in [0.29, 0.717) is 0 Å². The molecule has 0 N–H and O–H groups in total. The van der Waals surface area contributed by atoms with Gasteiger partial charge in [-0.2, -0.15) is 0 Å². The van der Waals surface area contributed by atoms with Crippen LogP contribution in [0.15, 0.2) is 104 Å². The van der Waals surface area contributed by atoms with Gasteiger partial charge in [0.1, 0.15) is 0 Å². The monoisotopic (exact) mass is 626 g/mol. The third-order valence-corrected chi connectivity index (χ3v) is 3.05. The molecule has 4 nitrogen and oxygen atoms in total. The Morgan fingerprint density at radius 3 is 1.11 bits per heavy atom. The molecule has 0 aliphatic heterocycles. The second-order valence-electron chi connectivity index (χ2n) is 5.01. The van der Waals surface area contributed by atoms with Crippen molar-refractivity contribution in [2.45, 2.75) is 62.3 Å². The summed E-state index contributed by atoms with van der Waals surface area (Å²) in [5, 5.41) is 0. The molecule has 0 saturated carbocycles. The number of nitrogens with zero attached hydrogens (tertiary/aromatic N) is 4. The number of benzene rings is 2. The summed E-state index contributed by atoms with van der Waals surface area (Å²) in [4.78, 5) is 15.6. The van der Waals surface area contributed by atoms with E-state index in [1.807, 2.05) is 104 Å². The van der Waals surface area contributed by atoms with E-state index in [9.17, 15) is 0 Å². The third-order valence-electron chi connectivity index (χ3n) is 3.05. The predicted octanol–water partition coefficient (Wildman–Crippen LogP) is 8.72. The molecule has 186 valence electrons. The van der Waals surface area contributed by atoms with Crippen molar-refractivity contribution < 1.29 is 65.4 Å². The zero-order chi connectivity index (χ0) is 25.6. The molecule has 2 heterocycles. The van der Waals surface area contributed by atoms with Crippen molar-refractivity contribution in [1.29, 1.82) is 0 Å². The first-order valence-corrected chi connectivity index (χ1v) is 11.9. The summed E-state index contributed by atoms with van der Waals surface area (Å²) in [7, 11) is 0. The Bertz CT molecular complexity index is 740. The molecule has 2 aromatic carbocycles. The molecule has 4 rings (SSSR count). The molecule has 0 bridgehead atoms. The number of hydrogen-bond acceptors (Lipinski definition) is 4. The topological polar surface area (TPSA) is 51.6 Å². The maximum absolute atomic E-state index is 4.19. The fourth-order valence-electron chi connectivity index (χ4n) is 1.84. The largest absolute Gasteiger partial charge is 0.262 e. The molecule has 0 aliphatic rings. The van der Waals surface area contributed by atoms with Crippen molar-refractivity contribution in [3.8, 4) is 11.3 Å². The number of aryl methyl sites for hydroxylation is 1. The molecule has 0 amide bonds. The first-order valence-electron chi connectivity index (χ1n) is 11.9. The van der Waals surface area contributed by atoms with E-state index in [-0.39, 0.29) is 65.4 Å². The standard InChI is InChI=1S/C10H8N2.C7H8.C4H4N2.4C2H6.2Y/c1-2-4-9(5-3-1)10-8-11-6-7-12-10;1-7-5-3-2-4-6-7;1-2-6-4-3-5-1;4*1-2;;/h1-8H;2-6H,1H3;1-4H;4*1-2H3;;.